The van der Waals surface area contributed by atoms with Crippen LogP contribution in [0.2, 0.25) is 0 Å². The Bertz CT molecular complexity index is 1180. The van der Waals surface area contributed by atoms with Crippen molar-refractivity contribution in [3.05, 3.63) is 70.3 Å². The predicted octanol–water partition coefficient (Wildman–Crippen LogP) is 3.46. The summed E-state index contributed by atoms with van der Waals surface area (Å²) in [6.07, 6.45) is -0.154. The van der Waals surface area contributed by atoms with Gasteiger partial charge in [-0.2, -0.15) is 0 Å². The number of carbonyl (C=O) groups is 2. The molecule has 162 valence electrons. The second-order valence-electron chi connectivity index (χ2n) is 8.12. The number of hydrogen-bond donors (Lipinski definition) is 2. The minimum absolute atomic E-state index is 0.0966. The minimum atomic E-state index is -0.712. The largest absolute Gasteiger partial charge is 0.444 e. The molecule has 0 bridgehead atoms. The molecule has 0 aliphatic rings. The molecule has 1 heterocycles. The third kappa shape index (κ3) is 4.74. The Balaban J connectivity index is 2.26. The number of alkyl carbamates (subject to hydrolysis) is 1. The van der Waals surface area contributed by atoms with Crippen molar-refractivity contribution in [1.29, 1.82) is 0 Å². The van der Waals surface area contributed by atoms with Gasteiger partial charge in [-0.25, -0.2) is 9.78 Å². The molecule has 1 aromatic heterocycles. The normalized spacial score (nSPS) is 12.4. The Morgan fingerprint density at radius 3 is 2.39 bits per heavy atom. The van der Waals surface area contributed by atoms with E-state index >= 15 is 0 Å². The zero-order valence-corrected chi connectivity index (χ0v) is 18.0. The number of carbonyl (C=O) groups excluding carboxylic acids is 2. The van der Waals surface area contributed by atoms with Crippen LogP contribution in [0.3, 0.4) is 0 Å². The number of fused-ring (bicyclic) bond motifs is 1. The highest BCUT2D eigenvalue weighted by molar-refractivity contribution is 6.05. The molecule has 3 aromatic rings. The fourth-order valence-corrected chi connectivity index (χ4v) is 3.31. The molecule has 8 heteroatoms. The van der Waals surface area contributed by atoms with Crippen LogP contribution in [0.15, 0.2) is 53.3 Å². The van der Waals surface area contributed by atoms with Gasteiger partial charge in [-0.15, -0.1) is 0 Å². The number of aromatic nitrogens is 2. The summed E-state index contributed by atoms with van der Waals surface area (Å²) in [5.41, 5.74) is 5.37. The van der Waals surface area contributed by atoms with Crippen molar-refractivity contribution >= 4 is 22.9 Å². The third-order valence-corrected chi connectivity index (χ3v) is 4.61. The van der Waals surface area contributed by atoms with Crippen LogP contribution >= 0.6 is 0 Å². The van der Waals surface area contributed by atoms with Crippen LogP contribution in [0.4, 0.5) is 4.79 Å². The molecule has 2 amide bonds. The standard InChI is InChI=1S/C23H26N4O4/c1-5-16(26-22(30)31-23(2,3)4)20-25-17-13-9-12-15(19(24)28)18(17)21(29)27(20)14-10-7-6-8-11-14/h6-13,16H,5H2,1-4H3,(H2,24,28)(H,26,30)/t16-/m0/s1. The Kier molecular flexibility index (Phi) is 6.10. The van der Waals surface area contributed by atoms with E-state index < -0.39 is 29.2 Å². The Labute approximate surface area is 180 Å². The number of para-hydroxylation sites is 1. The van der Waals surface area contributed by atoms with E-state index in [2.05, 4.69) is 10.3 Å². The van der Waals surface area contributed by atoms with Crippen LogP contribution in [-0.2, 0) is 4.74 Å². The monoisotopic (exact) mass is 422 g/mol. The fraction of sp³-hybridized carbons (Fsp3) is 0.304. The van der Waals surface area contributed by atoms with Crippen molar-refractivity contribution in [3.63, 3.8) is 0 Å². The summed E-state index contributed by atoms with van der Waals surface area (Å²) in [6.45, 7) is 7.18. The van der Waals surface area contributed by atoms with Gasteiger partial charge in [0.05, 0.1) is 28.2 Å². The fourth-order valence-electron chi connectivity index (χ4n) is 3.31. The Hall–Kier alpha value is -3.68. The molecule has 1 atom stereocenters. The summed E-state index contributed by atoms with van der Waals surface area (Å²) in [6, 6.07) is 13.1. The van der Waals surface area contributed by atoms with Crippen LogP contribution in [0.25, 0.3) is 16.6 Å². The summed E-state index contributed by atoms with van der Waals surface area (Å²) in [5, 5.41) is 2.94. The van der Waals surface area contributed by atoms with E-state index in [0.717, 1.165) is 0 Å². The van der Waals surface area contributed by atoms with Gasteiger partial charge in [-0.05, 0) is 51.5 Å². The number of nitrogens with two attached hydrogens (primary N) is 1. The summed E-state index contributed by atoms with van der Waals surface area (Å²) in [4.78, 5) is 42.6. The maximum absolute atomic E-state index is 13.6. The molecule has 0 saturated heterocycles. The second kappa shape index (κ2) is 8.59. The van der Waals surface area contributed by atoms with Gasteiger partial charge in [0.2, 0.25) is 5.91 Å². The molecular weight excluding hydrogens is 396 g/mol. The van der Waals surface area contributed by atoms with Crippen molar-refractivity contribution in [2.24, 2.45) is 5.73 Å². The molecule has 3 rings (SSSR count). The summed E-state index contributed by atoms with van der Waals surface area (Å²) < 4.78 is 6.78. The number of ether oxygens (including phenoxy) is 1. The van der Waals surface area contributed by atoms with Crippen molar-refractivity contribution < 1.29 is 14.3 Å². The Morgan fingerprint density at radius 1 is 1.13 bits per heavy atom. The second-order valence-corrected chi connectivity index (χ2v) is 8.12. The van der Waals surface area contributed by atoms with Crippen molar-refractivity contribution in [1.82, 2.24) is 14.9 Å². The number of nitrogens with one attached hydrogen (secondary N) is 1. The molecule has 0 radical (unpaired) electrons. The number of primary amides is 1. The van der Waals surface area contributed by atoms with E-state index in [4.69, 9.17) is 10.5 Å². The lowest BCUT2D eigenvalue weighted by atomic mass is 10.1. The molecule has 0 aliphatic carbocycles. The number of rotatable bonds is 5. The van der Waals surface area contributed by atoms with Crippen LogP contribution < -0.4 is 16.6 Å². The molecule has 3 N–H and O–H groups in total. The summed E-state index contributed by atoms with van der Waals surface area (Å²) in [7, 11) is 0. The Morgan fingerprint density at radius 2 is 1.81 bits per heavy atom. The number of hydrogen-bond acceptors (Lipinski definition) is 5. The zero-order valence-electron chi connectivity index (χ0n) is 18.0. The van der Waals surface area contributed by atoms with Gasteiger partial charge >= 0.3 is 6.09 Å². The number of benzene rings is 2. The minimum Gasteiger partial charge on any atom is -0.444 e. The van der Waals surface area contributed by atoms with Crippen LogP contribution in [0.5, 0.6) is 0 Å². The molecule has 0 fully saturated rings. The lowest BCUT2D eigenvalue weighted by molar-refractivity contribution is 0.0499. The van der Waals surface area contributed by atoms with Crippen LogP contribution in [-0.4, -0.2) is 27.2 Å². The lowest BCUT2D eigenvalue weighted by Crippen LogP contribution is -2.38. The smallest absolute Gasteiger partial charge is 0.408 e. The molecular formula is C23H26N4O4. The molecule has 2 aromatic carbocycles. The van der Waals surface area contributed by atoms with Crippen molar-refractivity contribution in [2.45, 2.75) is 45.8 Å². The maximum atomic E-state index is 13.6. The van der Waals surface area contributed by atoms with E-state index in [1.54, 1.807) is 57.2 Å². The van der Waals surface area contributed by atoms with Crippen LogP contribution in [0.1, 0.15) is 56.3 Å². The first-order valence-electron chi connectivity index (χ1n) is 10.0. The topological polar surface area (TPSA) is 116 Å². The average molecular weight is 422 g/mol. The van der Waals surface area contributed by atoms with Crippen molar-refractivity contribution in [3.8, 4) is 5.69 Å². The first kappa shape index (κ1) is 22.0. The van der Waals surface area contributed by atoms with E-state index in [0.29, 0.717) is 23.4 Å². The molecule has 8 nitrogen and oxygen atoms in total. The molecule has 0 saturated carbocycles. The van der Waals surface area contributed by atoms with E-state index in [9.17, 15) is 14.4 Å². The van der Waals surface area contributed by atoms with Gasteiger partial charge in [-0.1, -0.05) is 31.2 Å². The highest BCUT2D eigenvalue weighted by Gasteiger charge is 2.25. The third-order valence-electron chi connectivity index (χ3n) is 4.61. The molecule has 0 aliphatic heterocycles. The maximum Gasteiger partial charge on any atom is 0.408 e. The van der Waals surface area contributed by atoms with E-state index in [-0.39, 0.29) is 10.9 Å². The zero-order chi connectivity index (χ0) is 22.8. The van der Waals surface area contributed by atoms with Gasteiger partial charge < -0.3 is 15.8 Å². The first-order chi connectivity index (χ1) is 14.6. The quantitative estimate of drug-likeness (QED) is 0.653. The number of nitrogens with zero attached hydrogens (tertiary/aromatic N) is 2. The first-order valence-corrected chi connectivity index (χ1v) is 10.0. The summed E-state index contributed by atoms with van der Waals surface area (Å²) in [5.74, 6) is -0.380. The van der Waals surface area contributed by atoms with Crippen LogP contribution in [0, 0.1) is 0 Å². The SMILES string of the molecule is CC[C@H](NC(=O)OC(C)(C)C)c1nc2cccc(C(N)=O)c2c(=O)n1-c1ccccc1. The van der Waals surface area contributed by atoms with Gasteiger partial charge in [0, 0.05) is 0 Å². The lowest BCUT2D eigenvalue weighted by Gasteiger charge is -2.25. The predicted molar refractivity (Wildman–Crippen MR) is 118 cm³/mol. The molecule has 0 unspecified atom stereocenters. The van der Waals surface area contributed by atoms with Crippen molar-refractivity contribution in [2.75, 3.05) is 0 Å². The highest BCUT2D eigenvalue weighted by atomic mass is 16.6. The van der Waals surface area contributed by atoms with Gasteiger partial charge in [-0.3, -0.25) is 14.2 Å². The average Bonchev–Trinajstić information content (AvgIpc) is 2.70. The van der Waals surface area contributed by atoms with Gasteiger partial charge in [0.15, 0.2) is 0 Å². The summed E-state index contributed by atoms with van der Waals surface area (Å²) >= 11 is 0. The highest BCUT2D eigenvalue weighted by Crippen LogP contribution is 2.22. The van der Waals surface area contributed by atoms with E-state index in [1.165, 1.54) is 10.6 Å². The number of amides is 2. The molecule has 0 spiro atoms. The van der Waals surface area contributed by atoms with E-state index in [1.807, 2.05) is 13.0 Å². The van der Waals surface area contributed by atoms with Gasteiger partial charge in [0.25, 0.3) is 5.56 Å². The molecule has 31 heavy (non-hydrogen) atoms. The van der Waals surface area contributed by atoms with Gasteiger partial charge in [0.1, 0.15) is 11.4 Å².